The summed E-state index contributed by atoms with van der Waals surface area (Å²) in [5.41, 5.74) is 1.23. The van der Waals surface area contributed by atoms with Crippen LogP contribution in [0.4, 0.5) is 0 Å². The second-order valence-corrected chi connectivity index (χ2v) is 6.72. The van der Waals surface area contributed by atoms with E-state index >= 15 is 0 Å². The van der Waals surface area contributed by atoms with E-state index in [1.807, 2.05) is 11.8 Å². The molecule has 3 aromatic carbocycles. The molecule has 0 radical (unpaired) electrons. The second kappa shape index (κ2) is 6.97. The Labute approximate surface area is 138 Å². The zero-order valence-corrected chi connectivity index (χ0v) is 13.9. The molecule has 0 aromatic heterocycles. The third-order valence-corrected chi connectivity index (χ3v) is 4.82. The van der Waals surface area contributed by atoms with Gasteiger partial charge in [0, 0.05) is 15.1 Å². The van der Waals surface area contributed by atoms with Gasteiger partial charge in [-0.05, 0) is 34.5 Å². The minimum atomic E-state index is 0.976. The van der Waals surface area contributed by atoms with Gasteiger partial charge in [0.2, 0.25) is 0 Å². The van der Waals surface area contributed by atoms with Gasteiger partial charge in [0.05, 0.1) is 0 Å². The van der Waals surface area contributed by atoms with E-state index in [9.17, 15) is 0 Å². The molecular formula is C19H15BrS. The number of halogens is 1. The molecule has 0 atom stereocenters. The minimum absolute atomic E-state index is 0.976. The number of benzene rings is 3. The van der Waals surface area contributed by atoms with Gasteiger partial charge < -0.3 is 0 Å². The van der Waals surface area contributed by atoms with Gasteiger partial charge in [-0.25, -0.2) is 0 Å². The lowest BCUT2D eigenvalue weighted by atomic mass is 10.1. The third-order valence-electron chi connectivity index (χ3n) is 3.26. The largest absolute Gasteiger partial charge is 0.121 e. The highest BCUT2D eigenvalue weighted by Gasteiger charge is 1.99. The van der Waals surface area contributed by atoms with E-state index in [0.717, 1.165) is 10.2 Å². The van der Waals surface area contributed by atoms with Crippen LogP contribution in [0, 0.1) is 0 Å². The summed E-state index contributed by atoms with van der Waals surface area (Å²) < 4.78 is 1.12. The lowest BCUT2D eigenvalue weighted by Crippen LogP contribution is -1.79. The quantitative estimate of drug-likeness (QED) is 0.488. The van der Waals surface area contributed by atoms with Gasteiger partial charge >= 0.3 is 0 Å². The van der Waals surface area contributed by atoms with Crippen molar-refractivity contribution >= 4 is 44.5 Å². The molecule has 0 fully saturated rings. The van der Waals surface area contributed by atoms with Crippen molar-refractivity contribution in [3.05, 3.63) is 82.8 Å². The van der Waals surface area contributed by atoms with Crippen LogP contribution in [-0.2, 0) is 0 Å². The van der Waals surface area contributed by atoms with E-state index in [2.05, 4.69) is 94.8 Å². The molecule has 3 rings (SSSR count). The summed E-state index contributed by atoms with van der Waals surface area (Å²) in [6.45, 7) is 0. The molecule has 0 saturated carbocycles. The van der Waals surface area contributed by atoms with Crippen molar-refractivity contribution in [1.29, 1.82) is 0 Å². The van der Waals surface area contributed by atoms with Crippen molar-refractivity contribution in [2.75, 3.05) is 5.75 Å². The van der Waals surface area contributed by atoms with Gasteiger partial charge in [-0.2, -0.15) is 0 Å². The molecule has 0 aliphatic heterocycles. The topological polar surface area (TPSA) is 0 Å². The molecular weight excluding hydrogens is 340 g/mol. The Morgan fingerprint density at radius 2 is 1.62 bits per heavy atom. The lowest BCUT2D eigenvalue weighted by molar-refractivity contribution is 1.54. The fraction of sp³-hybridized carbons (Fsp3) is 0.0526. The fourth-order valence-electron chi connectivity index (χ4n) is 2.22. The Morgan fingerprint density at radius 3 is 2.48 bits per heavy atom. The highest BCUT2D eigenvalue weighted by atomic mass is 79.9. The zero-order chi connectivity index (χ0) is 14.5. The number of thioether (sulfide) groups is 1. The van der Waals surface area contributed by atoms with Crippen LogP contribution in [0.1, 0.15) is 5.56 Å². The van der Waals surface area contributed by atoms with E-state index in [4.69, 9.17) is 0 Å². The van der Waals surface area contributed by atoms with Gasteiger partial charge in [0.1, 0.15) is 0 Å². The van der Waals surface area contributed by atoms with Crippen molar-refractivity contribution in [3.8, 4) is 0 Å². The first-order valence-electron chi connectivity index (χ1n) is 6.85. The first-order valence-corrected chi connectivity index (χ1v) is 8.63. The van der Waals surface area contributed by atoms with E-state index in [1.54, 1.807) is 0 Å². The maximum atomic E-state index is 3.45. The van der Waals surface area contributed by atoms with Crippen LogP contribution < -0.4 is 0 Å². The number of rotatable bonds is 4. The van der Waals surface area contributed by atoms with E-state index in [1.165, 1.54) is 21.2 Å². The molecule has 0 N–H and O–H groups in total. The summed E-state index contributed by atoms with van der Waals surface area (Å²) >= 11 is 5.33. The Morgan fingerprint density at radius 1 is 0.857 bits per heavy atom. The highest BCUT2D eigenvalue weighted by Crippen LogP contribution is 2.27. The van der Waals surface area contributed by atoms with Crippen LogP contribution in [0.25, 0.3) is 16.8 Å². The van der Waals surface area contributed by atoms with Crippen LogP contribution in [0.5, 0.6) is 0 Å². The summed E-state index contributed by atoms with van der Waals surface area (Å²) in [7, 11) is 0. The Bertz CT molecular complexity index is 755. The monoisotopic (exact) mass is 354 g/mol. The van der Waals surface area contributed by atoms with Gasteiger partial charge in [-0.1, -0.05) is 76.6 Å². The van der Waals surface area contributed by atoms with Crippen LogP contribution in [-0.4, -0.2) is 5.75 Å². The molecule has 0 heterocycles. The van der Waals surface area contributed by atoms with Crippen molar-refractivity contribution < 1.29 is 0 Å². The van der Waals surface area contributed by atoms with Gasteiger partial charge in [0.15, 0.2) is 0 Å². The van der Waals surface area contributed by atoms with Crippen molar-refractivity contribution in [3.63, 3.8) is 0 Å². The molecule has 0 spiro atoms. The van der Waals surface area contributed by atoms with Crippen LogP contribution in [0.3, 0.4) is 0 Å². The second-order valence-electron chi connectivity index (χ2n) is 4.74. The van der Waals surface area contributed by atoms with E-state index < -0.39 is 0 Å². The molecule has 0 saturated heterocycles. The summed E-state index contributed by atoms with van der Waals surface area (Å²) in [6.07, 6.45) is 4.39. The van der Waals surface area contributed by atoms with Crippen molar-refractivity contribution in [1.82, 2.24) is 0 Å². The van der Waals surface area contributed by atoms with Crippen LogP contribution in [0.15, 0.2) is 82.2 Å². The van der Waals surface area contributed by atoms with Crippen molar-refractivity contribution in [2.24, 2.45) is 0 Å². The van der Waals surface area contributed by atoms with Crippen LogP contribution >= 0.6 is 27.7 Å². The van der Waals surface area contributed by atoms with Gasteiger partial charge in [0.25, 0.3) is 0 Å². The minimum Gasteiger partial charge on any atom is -0.121 e. The van der Waals surface area contributed by atoms with E-state index in [0.29, 0.717) is 0 Å². The number of hydrogen-bond donors (Lipinski definition) is 0. The molecule has 0 bridgehead atoms. The molecule has 104 valence electrons. The SMILES string of the molecule is Brc1ccc(/C=C/CSc2cccc3ccccc23)cc1. The average Bonchev–Trinajstić information content (AvgIpc) is 2.53. The first kappa shape index (κ1) is 14.4. The predicted octanol–water partition coefficient (Wildman–Crippen LogP) is 6.41. The van der Waals surface area contributed by atoms with E-state index in [-0.39, 0.29) is 0 Å². The summed E-state index contributed by atoms with van der Waals surface area (Å²) in [5.74, 6) is 0.976. The summed E-state index contributed by atoms with van der Waals surface area (Å²) in [6, 6.07) is 23.4. The standard InChI is InChI=1S/C19H15BrS/c20-17-12-10-15(11-13-17)5-4-14-21-19-9-3-7-16-6-1-2-8-18(16)19/h1-13H,14H2/b5-4+. The van der Waals surface area contributed by atoms with Gasteiger partial charge in [-0.3, -0.25) is 0 Å². The molecule has 0 nitrogen and oxygen atoms in total. The molecule has 2 heteroatoms. The molecule has 0 aliphatic rings. The maximum Gasteiger partial charge on any atom is 0.0175 e. The van der Waals surface area contributed by atoms with Crippen molar-refractivity contribution in [2.45, 2.75) is 4.90 Å². The predicted molar refractivity (Wildman–Crippen MR) is 97.8 cm³/mol. The Balaban J connectivity index is 1.68. The number of fused-ring (bicyclic) bond motifs is 1. The normalized spacial score (nSPS) is 11.3. The Kier molecular flexibility index (Phi) is 4.79. The van der Waals surface area contributed by atoms with Gasteiger partial charge in [-0.15, -0.1) is 11.8 Å². The fourth-order valence-corrected chi connectivity index (χ4v) is 3.37. The smallest absolute Gasteiger partial charge is 0.0175 e. The summed E-state index contributed by atoms with van der Waals surface area (Å²) in [5, 5.41) is 2.64. The maximum absolute atomic E-state index is 3.45. The molecule has 0 amide bonds. The molecule has 0 aliphatic carbocycles. The first-order chi connectivity index (χ1) is 10.3. The molecule has 3 aromatic rings. The molecule has 21 heavy (non-hydrogen) atoms. The lowest BCUT2D eigenvalue weighted by Gasteiger charge is -2.04. The summed E-state index contributed by atoms with van der Waals surface area (Å²) in [4.78, 5) is 1.34. The third kappa shape index (κ3) is 3.78. The number of hydrogen-bond acceptors (Lipinski definition) is 1. The highest BCUT2D eigenvalue weighted by molar-refractivity contribution is 9.10. The average molecular weight is 355 g/mol. The van der Waals surface area contributed by atoms with Crippen LogP contribution in [0.2, 0.25) is 0 Å². The zero-order valence-electron chi connectivity index (χ0n) is 11.5. The Hall–Kier alpha value is -1.51. The molecule has 0 unspecified atom stereocenters.